The highest BCUT2D eigenvalue weighted by Gasteiger charge is 2.36. The summed E-state index contributed by atoms with van der Waals surface area (Å²) < 4.78 is 0. The lowest BCUT2D eigenvalue weighted by Crippen LogP contribution is -2.30. The zero-order valence-electron chi connectivity index (χ0n) is 29.2. The number of anilines is 6. The lowest BCUT2D eigenvalue weighted by molar-refractivity contribution is 0.346. The van der Waals surface area contributed by atoms with Gasteiger partial charge in [0.15, 0.2) is 0 Å². The van der Waals surface area contributed by atoms with Crippen molar-refractivity contribution in [1.82, 2.24) is 0 Å². The second-order valence-electron chi connectivity index (χ2n) is 13.8. The fourth-order valence-corrected chi connectivity index (χ4v) is 7.69. The Morgan fingerprint density at radius 2 is 0.837 bits per heavy atom. The summed E-state index contributed by atoms with van der Waals surface area (Å²) in [6.45, 7) is 6.71. The highest BCUT2D eigenvalue weighted by molar-refractivity contribution is 5.78. The SMILES string of the molecule is CCC(C)c1ccc(N(c2ccccc2)c2ccc(C3(c4ccc(N(c5ccccc5)c5ccc(C)cc5)cc4)CCCCC3)cc2)cc1. The van der Waals surface area contributed by atoms with Crippen LogP contribution in [-0.2, 0) is 5.41 Å². The predicted molar refractivity (Wildman–Crippen MR) is 210 cm³/mol. The summed E-state index contributed by atoms with van der Waals surface area (Å²) in [5.74, 6) is 0.559. The molecule has 0 heterocycles. The largest absolute Gasteiger partial charge is 0.311 e. The molecular formula is C47H48N2. The Labute approximate surface area is 293 Å². The van der Waals surface area contributed by atoms with Crippen LogP contribution in [0.25, 0.3) is 0 Å². The Morgan fingerprint density at radius 1 is 0.469 bits per heavy atom. The molecule has 246 valence electrons. The third-order valence-electron chi connectivity index (χ3n) is 10.7. The van der Waals surface area contributed by atoms with Crippen molar-refractivity contribution in [3.8, 4) is 0 Å². The van der Waals surface area contributed by atoms with Crippen LogP contribution in [0.4, 0.5) is 34.1 Å². The number of hydrogen-bond donors (Lipinski definition) is 0. The Morgan fingerprint density at radius 3 is 1.24 bits per heavy atom. The van der Waals surface area contributed by atoms with E-state index in [0.29, 0.717) is 5.92 Å². The summed E-state index contributed by atoms with van der Waals surface area (Å²) >= 11 is 0. The predicted octanol–water partition coefficient (Wildman–Crippen LogP) is 13.7. The number of hydrogen-bond acceptors (Lipinski definition) is 2. The van der Waals surface area contributed by atoms with E-state index < -0.39 is 0 Å². The third-order valence-corrected chi connectivity index (χ3v) is 10.7. The molecule has 1 unspecified atom stereocenters. The molecule has 2 heteroatoms. The van der Waals surface area contributed by atoms with Crippen LogP contribution in [0.5, 0.6) is 0 Å². The summed E-state index contributed by atoms with van der Waals surface area (Å²) in [6, 6.07) is 58.4. The Balaban J connectivity index is 1.23. The number of aryl methyl sites for hydroxylation is 1. The normalized spacial score (nSPS) is 14.6. The van der Waals surface area contributed by atoms with Crippen LogP contribution in [0.3, 0.4) is 0 Å². The first-order chi connectivity index (χ1) is 24.1. The molecule has 6 aromatic carbocycles. The van der Waals surface area contributed by atoms with Gasteiger partial charge in [0.25, 0.3) is 0 Å². The van der Waals surface area contributed by atoms with Gasteiger partial charge in [-0.05, 0) is 122 Å². The van der Waals surface area contributed by atoms with E-state index in [1.165, 1.54) is 88.5 Å². The van der Waals surface area contributed by atoms with Gasteiger partial charge in [-0.2, -0.15) is 0 Å². The van der Waals surface area contributed by atoms with Crippen LogP contribution in [0.15, 0.2) is 158 Å². The average Bonchev–Trinajstić information content (AvgIpc) is 3.17. The fourth-order valence-electron chi connectivity index (χ4n) is 7.69. The van der Waals surface area contributed by atoms with Crippen molar-refractivity contribution in [2.45, 2.75) is 70.6 Å². The van der Waals surface area contributed by atoms with Crippen LogP contribution >= 0.6 is 0 Å². The van der Waals surface area contributed by atoms with Gasteiger partial charge in [-0.25, -0.2) is 0 Å². The van der Waals surface area contributed by atoms with Crippen molar-refractivity contribution < 1.29 is 0 Å². The number of para-hydroxylation sites is 2. The average molecular weight is 641 g/mol. The maximum absolute atomic E-state index is 2.40. The molecule has 2 nitrogen and oxygen atoms in total. The fraction of sp³-hybridized carbons (Fsp3) is 0.234. The van der Waals surface area contributed by atoms with E-state index in [2.05, 4.69) is 188 Å². The second-order valence-corrected chi connectivity index (χ2v) is 13.8. The molecule has 1 aliphatic rings. The minimum atomic E-state index is 0.00621. The Bertz CT molecular complexity index is 1900. The lowest BCUT2D eigenvalue weighted by atomic mass is 9.65. The third kappa shape index (κ3) is 6.78. The molecule has 0 radical (unpaired) electrons. The van der Waals surface area contributed by atoms with Gasteiger partial charge < -0.3 is 9.80 Å². The quantitative estimate of drug-likeness (QED) is 0.147. The van der Waals surface area contributed by atoms with Gasteiger partial charge in [0.1, 0.15) is 0 Å². The molecule has 1 aliphatic carbocycles. The van der Waals surface area contributed by atoms with Crippen molar-refractivity contribution in [2.24, 2.45) is 0 Å². The van der Waals surface area contributed by atoms with Gasteiger partial charge in [0.05, 0.1) is 0 Å². The molecule has 1 atom stereocenters. The zero-order valence-corrected chi connectivity index (χ0v) is 29.2. The summed E-state index contributed by atoms with van der Waals surface area (Å²) in [7, 11) is 0. The molecule has 0 amide bonds. The molecule has 0 N–H and O–H groups in total. The molecule has 0 spiro atoms. The molecule has 7 rings (SSSR count). The van der Waals surface area contributed by atoms with Gasteiger partial charge in [-0.3, -0.25) is 0 Å². The van der Waals surface area contributed by atoms with Crippen LogP contribution in [0.1, 0.15) is 80.5 Å². The number of benzene rings is 6. The maximum Gasteiger partial charge on any atom is 0.0461 e. The zero-order chi connectivity index (χ0) is 33.6. The Kier molecular flexibility index (Phi) is 9.66. The molecule has 0 aliphatic heterocycles. The first-order valence-electron chi connectivity index (χ1n) is 18.1. The van der Waals surface area contributed by atoms with E-state index in [4.69, 9.17) is 0 Å². The van der Waals surface area contributed by atoms with E-state index in [-0.39, 0.29) is 5.41 Å². The molecule has 6 aromatic rings. The molecule has 1 fully saturated rings. The first-order valence-corrected chi connectivity index (χ1v) is 18.1. The standard InChI is InChI=1S/C47H48N2/c1-4-37(3)38-20-28-44(29-21-38)49(42-16-10-6-11-17-42)46-32-24-40(25-33-46)47(34-12-7-13-35-47)39-22-30-45(31-23-39)48(41-14-8-5-9-15-41)43-26-18-36(2)19-27-43/h5-6,8-11,14-33,37H,4,7,12-13,34-35H2,1-3H3. The summed E-state index contributed by atoms with van der Waals surface area (Å²) in [5.41, 5.74) is 12.6. The van der Waals surface area contributed by atoms with E-state index in [1.54, 1.807) is 0 Å². The summed E-state index contributed by atoms with van der Waals surface area (Å²) in [4.78, 5) is 4.74. The first kappa shape index (κ1) is 32.5. The maximum atomic E-state index is 2.40. The lowest BCUT2D eigenvalue weighted by Gasteiger charge is -2.39. The van der Waals surface area contributed by atoms with Crippen molar-refractivity contribution >= 4 is 34.1 Å². The van der Waals surface area contributed by atoms with Crippen LogP contribution < -0.4 is 9.80 Å². The van der Waals surface area contributed by atoms with Gasteiger partial charge >= 0.3 is 0 Å². The van der Waals surface area contributed by atoms with Gasteiger partial charge in [-0.1, -0.05) is 124 Å². The van der Waals surface area contributed by atoms with E-state index in [1.807, 2.05) is 0 Å². The number of rotatable bonds is 10. The number of nitrogens with zero attached hydrogens (tertiary/aromatic N) is 2. The highest BCUT2D eigenvalue weighted by Crippen LogP contribution is 2.47. The van der Waals surface area contributed by atoms with Crippen molar-refractivity contribution in [2.75, 3.05) is 9.80 Å². The van der Waals surface area contributed by atoms with Gasteiger partial charge in [0.2, 0.25) is 0 Å². The molecule has 0 aromatic heterocycles. The molecule has 0 saturated heterocycles. The molecular weight excluding hydrogens is 593 g/mol. The summed E-state index contributed by atoms with van der Waals surface area (Å²) in [5, 5.41) is 0. The topological polar surface area (TPSA) is 6.48 Å². The smallest absolute Gasteiger partial charge is 0.0461 e. The van der Waals surface area contributed by atoms with E-state index in [9.17, 15) is 0 Å². The molecule has 49 heavy (non-hydrogen) atoms. The van der Waals surface area contributed by atoms with Crippen LogP contribution in [-0.4, -0.2) is 0 Å². The highest BCUT2D eigenvalue weighted by atomic mass is 15.1. The van der Waals surface area contributed by atoms with Crippen LogP contribution in [0.2, 0.25) is 0 Å². The minimum Gasteiger partial charge on any atom is -0.311 e. The monoisotopic (exact) mass is 640 g/mol. The molecule has 1 saturated carbocycles. The van der Waals surface area contributed by atoms with Crippen molar-refractivity contribution in [1.29, 1.82) is 0 Å². The van der Waals surface area contributed by atoms with Gasteiger partial charge in [-0.15, -0.1) is 0 Å². The minimum absolute atomic E-state index is 0.00621. The van der Waals surface area contributed by atoms with Gasteiger partial charge in [0, 0.05) is 39.5 Å². The summed E-state index contributed by atoms with van der Waals surface area (Å²) in [6.07, 6.45) is 7.30. The Hall–Kier alpha value is -5.08. The second kappa shape index (κ2) is 14.6. The van der Waals surface area contributed by atoms with Crippen molar-refractivity contribution in [3.63, 3.8) is 0 Å². The van der Waals surface area contributed by atoms with E-state index in [0.717, 1.165) is 6.42 Å². The van der Waals surface area contributed by atoms with E-state index >= 15 is 0 Å². The van der Waals surface area contributed by atoms with Crippen LogP contribution in [0, 0.1) is 6.92 Å². The van der Waals surface area contributed by atoms with Crippen molar-refractivity contribution in [3.05, 3.63) is 180 Å². The molecule has 0 bridgehead atoms.